The van der Waals surface area contributed by atoms with Gasteiger partial charge in [-0.2, -0.15) is 5.10 Å². The third kappa shape index (κ3) is 2.60. The van der Waals surface area contributed by atoms with Gasteiger partial charge in [-0.25, -0.2) is 0 Å². The van der Waals surface area contributed by atoms with E-state index < -0.39 is 0 Å². The van der Waals surface area contributed by atoms with Gasteiger partial charge in [0, 0.05) is 31.0 Å². The minimum absolute atomic E-state index is 0.164. The molecule has 1 N–H and O–H groups in total. The minimum atomic E-state index is -0.333. The molecule has 1 aromatic carbocycles. The Labute approximate surface area is 138 Å². The molecule has 1 fully saturated rings. The molecule has 24 heavy (non-hydrogen) atoms. The molecule has 0 bridgehead atoms. The summed E-state index contributed by atoms with van der Waals surface area (Å²) in [5, 5.41) is 5.14. The number of carbonyl (C=O) groups excluding carboxylic acids is 1. The first kappa shape index (κ1) is 14.7. The summed E-state index contributed by atoms with van der Waals surface area (Å²) >= 11 is 0. The van der Waals surface area contributed by atoms with Crippen LogP contribution in [-0.2, 0) is 0 Å². The van der Waals surface area contributed by atoms with Crippen LogP contribution in [0.2, 0.25) is 0 Å². The Morgan fingerprint density at radius 3 is 2.96 bits per heavy atom. The van der Waals surface area contributed by atoms with Gasteiger partial charge in [0.1, 0.15) is 5.56 Å². The van der Waals surface area contributed by atoms with E-state index in [1.165, 1.54) is 0 Å². The molecule has 0 spiro atoms. The van der Waals surface area contributed by atoms with Gasteiger partial charge in [0.15, 0.2) is 0 Å². The van der Waals surface area contributed by atoms with Crippen molar-refractivity contribution in [2.75, 3.05) is 13.1 Å². The summed E-state index contributed by atoms with van der Waals surface area (Å²) in [7, 11) is 0. The maximum Gasteiger partial charge on any atom is 0.261 e. The average molecular weight is 322 g/mol. The number of amides is 1. The van der Waals surface area contributed by atoms with Crippen molar-refractivity contribution in [2.45, 2.75) is 18.9 Å². The molecule has 122 valence electrons. The molecule has 6 heteroatoms. The molecule has 3 aromatic rings. The summed E-state index contributed by atoms with van der Waals surface area (Å²) in [4.78, 5) is 29.7. The number of benzene rings is 1. The van der Waals surface area contributed by atoms with Crippen LogP contribution < -0.4 is 5.56 Å². The number of H-pyrrole nitrogens is 1. The summed E-state index contributed by atoms with van der Waals surface area (Å²) in [6.07, 6.45) is 5.55. The Morgan fingerprint density at radius 1 is 1.25 bits per heavy atom. The Hall–Kier alpha value is -2.89. The van der Waals surface area contributed by atoms with Crippen LogP contribution in [0.3, 0.4) is 0 Å². The van der Waals surface area contributed by atoms with E-state index in [2.05, 4.69) is 10.1 Å². The van der Waals surface area contributed by atoms with Gasteiger partial charge >= 0.3 is 0 Å². The lowest BCUT2D eigenvalue weighted by atomic mass is 10.0. The third-order valence-electron chi connectivity index (χ3n) is 4.57. The number of hydrogen-bond acceptors (Lipinski definition) is 3. The zero-order valence-electron chi connectivity index (χ0n) is 13.2. The van der Waals surface area contributed by atoms with Crippen LogP contribution in [0.1, 0.15) is 29.2 Å². The van der Waals surface area contributed by atoms with Gasteiger partial charge in [-0.3, -0.25) is 14.3 Å². The first-order chi connectivity index (χ1) is 11.7. The van der Waals surface area contributed by atoms with E-state index in [1.54, 1.807) is 17.2 Å². The zero-order valence-corrected chi connectivity index (χ0v) is 13.2. The first-order valence-electron chi connectivity index (χ1n) is 8.13. The van der Waals surface area contributed by atoms with Gasteiger partial charge in [-0.15, -0.1) is 0 Å². The normalized spacial score (nSPS) is 18.0. The Morgan fingerprint density at radius 2 is 2.12 bits per heavy atom. The molecule has 1 aliphatic heterocycles. The number of aromatic amines is 1. The smallest absolute Gasteiger partial charge is 0.261 e. The second-order valence-electron chi connectivity index (χ2n) is 6.13. The van der Waals surface area contributed by atoms with E-state index in [0.717, 1.165) is 23.7 Å². The maximum absolute atomic E-state index is 12.9. The molecule has 6 nitrogen and oxygen atoms in total. The molecule has 0 saturated carbocycles. The van der Waals surface area contributed by atoms with Crippen molar-refractivity contribution in [3.63, 3.8) is 0 Å². The molecule has 0 aliphatic carbocycles. The average Bonchev–Trinajstić information content (AvgIpc) is 3.15. The molecule has 3 heterocycles. The summed E-state index contributed by atoms with van der Waals surface area (Å²) in [6, 6.07) is 11.2. The van der Waals surface area contributed by atoms with Gasteiger partial charge in [0.05, 0.1) is 6.04 Å². The topological polar surface area (TPSA) is 71.0 Å². The molecular weight excluding hydrogens is 304 g/mol. The number of para-hydroxylation sites is 1. The second-order valence-corrected chi connectivity index (χ2v) is 6.13. The zero-order chi connectivity index (χ0) is 16.5. The fraction of sp³-hybridized carbons (Fsp3) is 0.278. The Balaban J connectivity index is 1.63. The Kier molecular flexibility index (Phi) is 3.65. The minimum Gasteiger partial charge on any atom is -0.336 e. The maximum atomic E-state index is 12.9. The van der Waals surface area contributed by atoms with Crippen LogP contribution in [0.4, 0.5) is 0 Å². The van der Waals surface area contributed by atoms with E-state index >= 15 is 0 Å². The molecule has 1 amide bonds. The lowest BCUT2D eigenvalue weighted by molar-refractivity contribution is 0.0671. The van der Waals surface area contributed by atoms with Gasteiger partial charge in [0.25, 0.3) is 11.5 Å². The largest absolute Gasteiger partial charge is 0.336 e. The third-order valence-corrected chi connectivity index (χ3v) is 4.57. The number of nitrogens with one attached hydrogen (secondary N) is 1. The van der Waals surface area contributed by atoms with Gasteiger partial charge in [-0.1, -0.05) is 18.2 Å². The number of aromatic nitrogens is 3. The van der Waals surface area contributed by atoms with E-state index in [1.807, 2.05) is 41.2 Å². The standard InChI is InChI=1S/C18H18N4O2/c23-17-15(11-13-5-1-2-7-16(13)20-17)18(24)21-9-3-6-14(12-21)22-10-4-8-19-22/h1-2,4-5,7-8,10-11,14H,3,6,9,12H2,(H,20,23)/t14-/m0/s1. The van der Waals surface area contributed by atoms with E-state index in [9.17, 15) is 9.59 Å². The fourth-order valence-electron chi connectivity index (χ4n) is 3.33. The number of pyridine rings is 1. The molecule has 0 radical (unpaired) electrons. The molecule has 0 unspecified atom stereocenters. The van der Waals surface area contributed by atoms with Crippen molar-refractivity contribution >= 4 is 16.8 Å². The number of piperidine rings is 1. The van der Waals surface area contributed by atoms with E-state index in [-0.39, 0.29) is 23.1 Å². The SMILES string of the molecule is O=C(c1cc2ccccc2[nH]c1=O)N1CCC[C@H](n2cccn2)C1. The van der Waals surface area contributed by atoms with Crippen molar-refractivity contribution in [3.8, 4) is 0 Å². The molecule has 1 aliphatic rings. The number of nitrogens with zero attached hydrogens (tertiary/aromatic N) is 3. The summed E-state index contributed by atoms with van der Waals surface area (Å²) in [5.74, 6) is -0.209. The van der Waals surface area contributed by atoms with Crippen molar-refractivity contribution in [1.82, 2.24) is 19.7 Å². The highest BCUT2D eigenvalue weighted by atomic mass is 16.2. The number of fused-ring (bicyclic) bond motifs is 1. The molecule has 1 saturated heterocycles. The van der Waals surface area contributed by atoms with Crippen LogP contribution in [0.5, 0.6) is 0 Å². The Bertz CT molecular complexity index is 930. The molecule has 2 aromatic heterocycles. The number of hydrogen-bond donors (Lipinski definition) is 1. The van der Waals surface area contributed by atoms with Gasteiger partial charge in [0.2, 0.25) is 0 Å². The highest BCUT2D eigenvalue weighted by molar-refractivity contribution is 5.97. The lowest BCUT2D eigenvalue weighted by Gasteiger charge is -2.32. The van der Waals surface area contributed by atoms with Crippen LogP contribution >= 0.6 is 0 Å². The van der Waals surface area contributed by atoms with Crippen LogP contribution in [0, 0.1) is 0 Å². The van der Waals surface area contributed by atoms with Crippen molar-refractivity contribution in [1.29, 1.82) is 0 Å². The van der Waals surface area contributed by atoms with Crippen LogP contribution in [0.25, 0.3) is 10.9 Å². The van der Waals surface area contributed by atoms with Crippen molar-refractivity contribution in [2.24, 2.45) is 0 Å². The summed E-state index contributed by atoms with van der Waals surface area (Å²) < 4.78 is 1.89. The van der Waals surface area contributed by atoms with Crippen LogP contribution in [0.15, 0.2) is 53.6 Å². The number of likely N-dealkylation sites (tertiary alicyclic amines) is 1. The van der Waals surface area contributed by atoms with Gasteiger partial charge < -0.3 is 9.88 Å². The van der Waals surface area contributed by atoms with Crippen LogP contribution in [-0.4, -0.2) is 38.7 Å². The van der Waals surface area contributed by atoms with Crippen molar-refractivity contribution < 1.29 is 4.79 Å². The predicted octanol–water partition coefficient (Wildman–Crippen LogP) is 2.20. The molecule has 1 atom stereocenters. The van der Waals surface area contributed by atoms with E-state index in [4.69, 9.17) is 0 Å². The molecular formula is C18H18N4O2. The van der Waals surface area contributed by atoms with E-state index in [0.29, 0.717) is 13.1 Å². The summed E-state index contributed by atoms with van der Waals surface area (Å²) in [5.41, 5.74) is 0.613. The number of rotatable bonds is 2. The highest BCUT2D eigenvalue weighted by Crippen LogP contribution is 2.22. The lowest BCUT2D eigenvalue weighted by Crippen LogP contribution is -2.42. The summed E-state index contributed by atoms with van der Waals surface area (Å²) in [6.45, 7) is 1.25. The predicted molar refractivity (Wildman–Crippen MR) is 91.0 cm³/mol. The quantitative estimate of drug-likeness (QED) is 0.786. The molecule has 4 rings (SSSR count). The fourth-order valence-corrected chi connectivity index (χ4v) is 3.33. The highest BCUT2D eigenvalue weighted by Gasteiger charge is 2.27. The monoisotopic (exact) mass is 322 g/mol. The van der Waals surface area contributed by atoms with Gasteiger partial charge in [-0.05, 0) is 36.4 Å². The second kappa shape index (κ2) is 5.96. The first-order valence-corrected chi connectivity index (χ1v) is 8.13. The van der Waals surface area contributed by atoms with Crippen molar-refractivity contribution in [3.05, 3.63) is 64.7 Å². The number of carbonyl (C=O) groups is 1.